The summed E-state index contributed by atoms with van der Waals surface area (Å²) in [6, 6.07) is 4.67. The molecule has 0 fully saturated rings. The maximum atomic E-state index is 11.1. The number of hydrogen-bond acceptors (Lipinski definition) is 5. The van der Waals surface area contributed by atoms with Gasteiger partial charge in [0, 0.05) is 30.8 Å². The molecule has 0 bridgehead atoms. The van der Waals surface area contributed by atoms with Gasteiger partial charge in [0.1, 0.15) is 0 Å². The Morgan fingerprint density at radius 1 is 1.47 bits per heavy atom. The van der Waals surface area contributed by atoms with Crippen LogP contribution in [0.4, 0.5) is 11.4 Å². The van der Waals surface area contributed by atoms with Crippen LogP contribution in [0.2, 0.25) is 0 Å². The van der Waals surface area contributed by atoms with Gasteiger partial charge >= 0.3 is 5.97 Å². The van der Waals surface area contributed by atoms with Crippen molar-refractivity contribution in [2.75, 3.05) is 18.5 Å². The molecule has 0 saturated heterocycles. The van der Waals surface area contributed by atoms with Crippen LogP contribution in [-0.2, 0) is 9.53 Å². The molecule has 0 amide bonds. The lowest BCUT2D eigenvalue weighted by Gasteiger charge is -2.09. The number of anilines is 1. The predicted octanol–water partition coefficient (Wildman–Crippen LogP) is 2.66. The lowest BCUT2D eigenvalue weighted by atomic mass is 10.1. The maximum Gasteiger partial charge on any atom is 0.305 e. The highest BCUT2D eigenvalue weighted by atomic mass is 16.6. The quantitative estimate of drug-likeness (QED) is 0.355. The monoisotopic (exact) mass is 266 g/mol. The van der Waals surface area contributed by atoms with E-state index in [9.17, 15) is 14.9 Å². The molecule has 19 heavy (non-hydrogen) atoms. The molecular formula is C13H18N2O4. The van der Waals surface area contributed by atoms with Crippen LogP contribution in [0.25, 0.3) is 0 Å². The zero-order valence-electron chi connectivity index (χ0n) is 11.1. The van der Waals surface area contributed by atoms with Gasteiger partial charge in [-0.15, -0.1) is 0 Å². The Bertz CT molecular complexity index is 460. The zero-order chi connectivity index (χ0) is 14.3. The molecular weight excluding hydrogens is 248 g/mol. The number of aryl methyl sites for hydroxylation is 1. The van der Waals surface area contributed by atoms with E-state index in [1.54, 1.807) is 13.0 Å². The van der Waals surface area contributed by atoms with Crippen molar-refractivity contribution < 1.29 is 14.5 Å². The second-order valence-corrected chi connectivity index (χ2v) is 4.09. The van der Waals surface area contributed by atoms with E-state index in [2.05, 4.69) is 5.32 Å². The molecule has 6 nitrogen and oxygen atoms in total. The average molecular weight is 266 g/mol. The second kappa shape index (κ2) is 7.35. The summed E-state index contributed by atoms with van der Waals surface area (Å²) in [4.78, 5) is 21.4. The molecule has 6 heteroatoms. The molecule has 0 spiro atoms. The van der Waals surface area contributed by atoms with Gasteiger partial charge in [0.15, 0.2) is 0 Å². The maximum absolute atomic E-state index is 11.1. The molecule has 0 saturated carbocycles. The number of nitro groups is 1. The van der Waals surface area contributed by atoms with E-state index < -0.39 is 4.92 Å². The molecule has 0 heterocycles. The van der Waals surface area contributed by atoms with Crippen LogP contribution in [0.15, 0.2) is 18.2 Å². The molecule has 0 aliphatic heterocycles. The van der Waals surface area contributed by atoms with Gasteiger partial charge in [-0.25, -0.2) is 0 Å². The summed E-state index contributed by atoms with van der Waals surface area (Å²) in [7, 11) is 0. The van der Waals surface area contributed by atoms with Gasteiger partial charge in [-0.05, 0) is 25.8 Å². The Hall–Kier alpha value is -2.11. The van der Waals surface area contributed by atoms with E-state index in [0.717, 1.165) is 11.3 Å². The molecule has 0 unspecified atom stereocenters. The normalized spacial score (nSPS) is 10.0. The number of nitrogens with zero attached hydrogens (tertiary/aromatic N) is 1. The number of ether oxygens (including phenoxy) is 1. The van der Waals surface area contributed by atoms with E-state index in [1.807, 2.05) is 6.92 Å². The number of carbonyl (C=O) groups excluding carboxylic acids is 1. The molecule has 0 aliphatic rings. The first-order chi connectivity index (χ1) is 9.04. The van der Waals surface area contributed by atoms with Gasteiger partial charge in [-0.3, -0.25) is 14.9 Å². The molecule has 104 valence electrons. The summed E-state index contributed by atoms with van der Waals surface area (Å²) in [5, 5.41) is 13.8. The minimum atomic E-state index is -0.427. The summed E-state index contributed by atoms with van der Waals surface area (Å²) in [6.45, 7) is 4.59. The molecule has 1 N–H and O–H groups in total. The number of carbonyl (C=O) groups is 1. The summed E-state index contributed by atoms with van der Waals surface area (Å²) < 4.78 is 4.81. The zero-order valence-corrected chi connectivity index (χ0v) is 11.1. The number of benzene rings is 1. The molecule has 1 aromatic rings. The van der Waals surface area contributed by atoms with Gasteiger partial charge in [0.2, 0.25) is 0 Å². The van der Waals surface area contributed by atoms with E-state index in [-0.39, 0.29) is 11.7 Å². The smallest absolute Gasteiger partial charge is 0.305 e. The number of nitrogens with one attached hydrogen (secondary N) is 1. The fraction of sp³-hybridized carbons (Fsp3) is 0.462. The largest absolute Gasteiger partial charge is 0.466 e. The average Bonchev–Trinajstić information content (AvgIpc) is 2.36. The highest BCUT2D eigenvalue weighted by Crippen LogP contribution is 2.21. The van der Waals surface area contributed by atoms with Gasteiger partial charge in [-0.2, -0.15) is 0 Å². The van der Waals surface area contributed by atoms with Gasteiger partial charge in [0.05, 0.1) is 11.5 Å². The minimum absolute atomic E-state index is 0.0542. The standard InChI is InChI=1S/C13H18N2O4/c1-3-19-13(16)5-4-8-14-12-9-11(15(17)18)7-6-10(12)2/h6-7,9,14H,3-5,8H2,1-2H3. The van der Waals surface area contributed by atoms with Crippen molar-refractivity contribution in [1.29, 1.82) is 0 Å². The van der Waals surface area contributed by atoms with E-state index >= 15 is 0 Å². The number of non-ortho nitro benzene ring substituents is 1. The Morgan fingerprint density at radius 2 is 2.21 bits per heavy atom. The summed E-state index contributed by atoms with van der Waals surface area (Å²) in [5.41, 5.74) is 1.71. The van der Waals surface area contributed by atoms with Gasteiger partial charge in [-0.1, -0.05) is 6.07 Å². The highest BCUT2D eigenvalue weighted by molar-refractivity contribution is 5.69. The molecule has 1 aromatic carbocycles. The van der Waals surface area contributed by atoms with Crippen LogP contribution in [0.1, 0.15) is 25.3 Å². The van der Waals surface area contributed by atoms with Crippen LogP contribution >= 0.6 is 0 Å². The number of rotatable bonds is 7. The number of nitro benzene ring substituents is 1. The molecule has 0 aromatic heterocycles. The van der Waals surface area contributed by atoms with Gasteiger partial charge in [0.25, 0.3) is 5.69 Å². The third-order valence-electron chi connectivity index (χ3n) is 2.61. The Kier molecular flexibility index (Phi) is 5.78. The van der Waals surface area contributed by atoms with E-state index in [1.165, 1.54) is 12.1 Å². The lowest BCUT2D eigenvalue weighted by molar-refractivity contribution is -0.384. The van der Waals surface area contributed by atoms with Crippen molar-refractivity contribution in [2.24, 2.45) is 0 Å². The van der Waals surface area contributed by atoms with Crippen molar-refractivity contribution in [3.63, 3.8) is 0 Å². The fourth-order valence-electron chi connectivity index (χ4n) is 1.60. The SMILES string of the molecule is CCOC(=O)CCCNc1cc([N+](=O)[O-])ccc1C. The van der Waals surface area contributed by atoms with Crippen molar-refractivity contribution in [3.05, 3.63) is 33.9 Å². The number of esters is 1. The van der Waals surface area contributed by atoms with Crippen molar-refractivity contribution >= 4 is 17.3 Å². The van der Waals surface area contributed by atoms with Crippen LogP contribution in [-0.4, -0.2) is 24.0 Å². The second-order valence-electron chi connectivity index (χ2n) is 4.09. The Labute approximate surface area is 111 Å². The first-order valence-corrected chi connectivity index (χ1v) is 6.19. The van der Waals surface area contributed by atoms with Crippen LogP contribution < -0.4 is 5.32 Å². The molecule has 0 aliphatic carbocycles. The van der Waals surface area contributed by atoms with Crippen molar-refractivity contribution in [1.82, 2.24) is 0 Å². The van der Waals surface area contributed by atoms with Crippen LogP contribution in [0.3, 0.4) is 0 Å². The Morgan fingerprint density at radius 3 is 2.84 bits per heavy atom. The fourth-order valence-corrected chi connectivity index (χ4v) is 1.60. The van der Waals surface area contributed by atoms with E-state index in [0.29, 0.717) is 26.0 Å². The summed E-state index contributed by atoms with van der Waals surface area (Å²) >= 11 is 0. The van der Waals surface area contributed by atoms with Crippen LogP contribution in [0.5, 0.6) is 0 Å². The third kappa shape index (κ3) is 4.95. The first kappa shape index (κ1) is 14.9. The predicted molar refractivity (Wildman–Crippen MR) is 72.2 cm³/mol. The van der Waals surface area contributed by atoms with Crippen molar-refractivity contribution in [3.8, 4) is 0 Å². The summed E-state index contributed by atoms with van der Waals surface area (Å²) in [6.07, 6.45) is 0.968. The molecule has 0 atom stereocenters. The Balaban J connectivity index is 2.46. The van der Waals surface area contributed by atoms with Crippen LogP contribution in [0, 0.1) is 17.0 Å². The first-order valence-electron chi connectivity index (χ1n) is 6.19. The third-order valence-corrected chi connectivity index (χ3v) is 2.61. The topological polar surface area (TPSA) is 81.5 Å². The summed E-state index contributed by atoms with van der Waals surface area (Å²) in [5.74, 6) is -0.222. The van der Waals surface area contributed by atoms with Crippen molar-refractivity contribution in [2.45, 2.75) is 26.7 Å². The lowest BCUT2D eigenvalue weighted by Crippen LogP contribution is -2.08. The van der Waals surface area contributed by atoms with E-state index in [4.69, 9.17) is 4.74 Å². The highest BCUT2D eigenvalue weighted by Gasteiger charge is 2.08. The minimum Gasteiger partial charge on any atom is -0.466 e. The number of hydrogen-bond donors (Lipinski definition) is 1. The molecule has 0 radical (unpaired) electrons. The molecule has 1 rings (SSSR count). The van der Waals surface area contributed by atoms with Gasteiger partial charge < -0.3 is 10.1 Å².